The number of nitrogens with zero attached hydrogens (tertiary/aromatic N) is 4. The first-order chi connectivity index (χ1) is 11.6. The molecule has 1 aromatic carbocycles. The van der Waals surface area contributed by atoms with Gasteiger partial charge in [-0.15, -0.1) is 10.2 Å². The number of rotatable bonds is 7. The summed E-state index contributed by atoms with van der Waals surface area (Å²) < 4.78 is 6.13. The van der Waals surface area contributed by atoms with Crippen molar-refractivity contribution in [2.45, 2.75) is 37.3 Å². The van der Waals surface area contributed by atoms with E-state index in [1.165, 1.54) is 16.9 Å². The third kappa shape index (κ3) is 4.78. The average molecular weight is 361 g/mol. The molecule has 1 N–H and O–H groups in total. The van der Waals surface area contributed by atoms with Gasteiger partial charge in [-0.05, 0) is 30.5 Å². The Hall–Kier alpha value is -1.93. The lowest BCUT2D eigenvalue weighted by Gasteiger charge is -2.01. The Morgan fingerprint density at radius 2 is 2.17 bits per heavy atom. The van der Waals surface area contributed by atoms with E-state index in [2.05, 4.69) is 58.6 Å². The summed E-state index contributed by atoms with van der Waals surface area (Å²) in [5, 5.41) is 16.4. The molecule has 3 aromatic rings. The molecule has 0 spiro atoms. The number of hydrogen-bond donors (Lipinski definition) is 1. The van der Waals surface area contributed by atoms with Gasteiger partial charge >= 0.3 is 0 Å². The van der Waals surface area contributed by atoms with Gasteiger partial charge in [0.15, 0.2) is 10.2 Å². The first-order valence-electron chi connectivity index (χ1n) is 7.70. The molecule has 8 heteroatoms. The first kappa shape index (κ1) is 16.9. The smallest absolute Gasteiger partial charge is 0.237 e. The van der Waals surface area contributed by atoms with Crippen LogP contribution in [0.4, 0.5) is 10.8 Å². The molecule has 0 unspecified atom stereocenters. The predicted octanol–water partition coefficient (Wildman–Crippen LogP) is 4.46. The minimum atomic E-state index is 0.515. The van der Waals surface area contributed by atoms with Crippen molar-refractivity contribution in [2.24, 2.45) is 5.92 Å². The lowest BCUT2D eigenvalue weighted by Crippen LogP contribution is -1.96. The molecule has 0 radical (unpaired) electrons. The monoisotopic (exact) mass is 361 g/mol. The highest BCUT2D eigenvalue weighted by Crippen LogP contribution is 2.29. The number of anilines is 2. The van der Waals surface area contributed by atoms with Crippen LogP contribution in [0.15, 0.2) is 33.1 Å². The third-order valence-electron chi connectivity index (χ3n) is 3.10. The Balaban J connectivity index is 1.55. The molecule has 126 valence electrons. The molecule has 0 saturated carbocycles. The van der Waals surface area contributed by atoms with E-state index in [1.54, 1.807) is 11.8 Å². The Kier molecular flexibility index (Phi) is 5.47. The van der Waals surface area contributed by atoms with Gasteiger partial charge in [-0.3, -0.25) is 0 Å². The highest BCUT2D eigenvalue weighted by Gasteiger charge is 2.11. The van der Waals surface area contributed by atoms with Gasteiger partial charge in [0, 0.05) is 12.1 Å². The Morgan fingerprint density at radius 3 is 2.96 bits per heavy atom. The van der Waals surface area contributed by atoms with Crippen molar-refractivity contribution in [1.29, 1.82) is 0 Å². The molecule has 0 atom stereocenters. The van der Waals surface area contributed by atoms with Gasteiger partial charge in [0.1, 0.15) is 0 Å². The van der Waals surface area contributed by atoms with Gasteiger partial charge in [0.2, 0.25) is 11.0 Å². The van der Waals surface area contributed by atoms with Crippen LogP contribution in [0.3, 0.4) is 0 Å². The molecule has 2 aromatic heterocycles. The van der Waals surface area contributed by atoms with Crippen LogP contribution in [-0.2, 0) is 12.2 Å². The number of aryl methyl sites for hydroxylation is 1. The van der Waals surface area contributed by atoms with E-state index in [9.17, 15) is 0 Å². The molecule has 3 rings (SSSR count). The fraction of sp³-hybridized carbons (Fsp3) is 0.375. The topological polar surface area (TPSA) is 76.7 Å². The van der Waals surface area contributed by atoms with E-state index < -0.39 is 0 Å². The Bertz CT molecular complexity index is 799. The molecule has 24 heavy (non-hydrogen) atoms. The second-order valence-electron chi connectivity index (χ2n) is 5.86. The van der Waals surface area contributed by atoms with Crippen molar-refractivity contribution in [3.8, 4) is 0 Å². The van der Waals surface area contributed by atoms with Crippen molar-refractivity contribution in [1.82, 2.24) is 20.3 Å². The molecule has 0 bridgehead atoms. The van der Waals surface area contributed by atoms with Crippen molar-refractivity contribution in [2.75, 3.05) is 5.32 Å². The zero-order valence-electron chi connectivity index (χ0n) is 13.8. The maximum absolute atomic E-state index is 5.26. The van der Waals surface area contributed by atoms with E-state index in [1.807, 2.05) is 12.1 Å². The van der Waals surface area contributed by atoms with Crippen molar-refractivity contribution in [3.05, 3.63) is 41.5 Å². The summed E-state index contributed by atoms with van der Waals surface area (Å²) >= 11 is 3.06. The molecule has 0 aliphatic heterocycles. The van der Waals surface area contributed by atoms with Crippen LogP contribution in [0, 0.1) is 12.8 Å². The predicted molar refractivity (Wildman–Crippen MR) is 96.8 cm³/mol. The number of aromatic nitrogens is 4. The van der Waals surface area contributed by atoms with Crippen LogP contribution in [0.5, 0.6) is 0 Å². The minimum Gasteiger partial charge on any atom is -0.338 e. The summed E-state index contributed by atoms with van der Waals surface area (Å²) in [4.78, 5) is 4.39. The molecule has 0 aliphatic rings. The zero-order valence-corrected chi connectivity index (χ0v) is 15.4. The van der Waals surface area contributed by atoms with Crippen molar-refractivity contribution < 1.29 is 4.52 Å². The van der Waals surface area contributed by atoms with Crippen LogP contribution in [0.1, 0.15) is 31.1 Å². The quantitative estimate of drug-likeness (QED) is 0.622. The second kappa shape index (κ2) is 7.76. The van der Waals surface area contributed by atoms with E-state index in [0.717, 1.165) is 27.4 Å². The molecule has 2 heterocycles. The normalized spacial score (nSPS) is 11.2. The van der Waals surface area contributed by atoms with Gasteiger partial charge in [-0.2, -0.15) is 4.98 Å². The van der Waals surface area contributed by atoms with Crippen LogP contribution in [-0.4, -0.2) is 20.3 Å². The second-order valence-corrected chi connectivity index (χ2v) is 8.06. The van der Waals surface area contributed by atoms with Crippen LogP contribution in [0.25, 0.3) is 0 Å². The van der Waals surface area contributed by atoms with Crippen LogP contribution < -0.4 is 5.32 Å². The lowest BCUT2D eigenvalue weighted by atomic mass is 10.1. The van der Waals surface area contributed by atoms with Crippen LogP contribution in [0.2, 0.25) is 0 Å². The van der Waals surface area contributed by atoms with E-state index >= 15 is 0 Å². The number of thioether (sulfide) groups is 1. The summed E-state index contributed by atoms with van der Waals surface area (Å²) in [5.74, 6) is 2.50. The van der Waals surface area contributed by atoms with Gasteiger partial charge in [0.25, 0.3) is 0 Å². The standard InChI is InChI=1S/C16H19N5OS2/c1-10(2)7-13-18-14(22-21-13)9-23-16-20-19-15(24-16)17-12-6-4-5-11(3)8-12/h4-6,8,10H,7,9H2,1-3H3,(H,17,19). The molecule has 0 fully saturated rings. The summed E-state index contributed by atoms with van der Waals surface area (Å²) in [6.07, 6.45) is 0.831. The fourth-order valence-electron chi connectivity index (χ4n) is 2.09. The third-order valence-corrected chi connectivity index (χ3v) is 5.05. The van der Waals surface area contributed by atoms with Crippen LogP contribution >= 0.6 is 23.1 Å². The molecule has 0 aliphatic carbocycles. The van der Waals surface area contributed by atoms with Gasteiger partial charge in [-0.1, -0.05) is 54.2 Å². The number of benzene rings is 1. The summed E-state index contributed by atoms with van der Waals surface area (Å²) in [5.41, 5.74) is 2.21. The number of hydrogen-bond acceptors (Lipinski definition) is 8. The summed E-state index contributed by atoms with van der Waals surface area (Å²) in [6, 6.07) is 8.15. The van der Waals surface area contributed by atoms with E-state index in [-0.39, 0.29) is 0 Å². The highest BCUT2D eigenvalue weighted by molar-refractivity contribution is 8.00. The first-order valence-corrected chi connectivity index (χ1v) is 9.50. The van der Waals surface area contributed by atoms with Crippen molar-refractivity contribution in [3.63, 3.8) is 0 Å². The maximum atomic E-state index is 5.26. The average Bonchev–Trinajstić information content (AvgIpc) is 3.14. The molecule has 6 nitrogen and oxygen atoms in total. The van der Waals surface area contributed by atoms with Gasteiger partial charge < -0.3 is 9.84 Å². The fourth-order valence-corrected chi connectivity index (χ4v) is 3.69. The summed E-state index contributed by atoms with van der Waals surface area (Å²) in [7, 11) is 0. The molecule has 0 saturated heterocycles. The zero-order chi connectivity index (χ0) is 16.9. The van der Waals surface area contributed by atoms with E-state index in [4.69, 9.17) is 4.52 Å². The lowest BCUT2D eigenvalue weighted by molar-refractivity contribution is 0.382. The summed E-state index contributed by atoms with van der Waals surface area (Å²) in [6.45, 7) is 6.33. The molecule has 0 amide bonds. The van der Waals surface area contributed by atoms with Gasteiger partial charge in [-0.25, -0.2) is 0 Å². The van der Waals surface area contributed by atoms with E-state index in [0.29, 0.717) is 17.6 Å². The number of nitrogens with one attached hydrogen (secondary N) is 1. The van der Waals surface area contributed by atoms with Gasteiger partial charge in [0.05, 0.1) is 5.75 Å². The highest BCUT2D eigenvalue weighted by atomic mass is 32.2. The Labute approximate surface area is 149 Å². The molecular formula is C16H19N5OS2. The molecular weight excluding hydrogens is 342 g/mol. The largest absolute Gasteiger partial charge is 0.338 e. The maximum Gasteiger partial charge on any atom is 0.237 e. The minimum absolute atomic E-state index is 0.515. The van der Waals surface area contributed by atoms with Crippen molar-refractivity contribution >= 4 is 33.9 Å². The Morgan fingerprint density at radius 1 is 1.29 bits per heavy atom. The SMILES string of the molecule is Cc1cccc(Nc2nnc(SCc3nc(CC(C)C)no3)s2)c1.